The van der Waals surface area contributed by atoms with Crippen LogP contribution in [-0.2, 0) is 22.7 Å². The van der Waals surface area contributed by atoms with Gasteiger partial charge in [0.15, 0.2) is 0 Å². The fraction of sp³-hybridized carbons (Fsp3) is 0.516. The zero-order valence-electron chi connectivity index (χ0n) is 22.8. The van der Waals surface area contributed by atoms with Crippen LogP contribution in [0.15, 0.2) is 60.9 Å². The molecule has 0 spiro atoms. The van der Waals surface area contributed by atoms with Crippen molar-refractivity contribution in [2.24, 2.45) is 11.8 Å². The standard InChI is InChI=1S/C31H41N5O3/c37-30(33-14-18-34-15-3-4-16-34)20-26-11-17-36-23-27(26)7-5-19-39-29-8-2-1-6-28(29)22-35(24-31(36)38)21-25-9-12-32-13-10-25/h1-2,5-10,12-13,26-27H,3-4,11,14-24H2,(H,33,37)/b7-5-/t26-,27-/m0/s1. The van der Waals surface area contributed by atoms with Crippen LogP contribution < -0.4 is 10.1 Å². The SMILES string of the molecule is O=C(C[C@@H]1CCN2C[C@@H]1/C=C\COc1ccccc1CN(Cc1ccncc1)CC2=O)NCCN1CCCC1. The number of nitrogens with one attached hydrogen (secondary N) is 1. The maximum Gasteiger partial charge on any atom is 0.236 e. The number of fused-ring (bicyclic) bond motifs is 3. The minimum atomic E-state index is 0.115. The number of hydrogen-bond donors (Lipinski definition) is 1. The number of piperidine rings is 1. The third-order valence-corrected chi connectivity index (χ3v) is 8.15. The Kier molecular flexibility index (Phi) is 9.61. The van der Waals surface area contributed by atoms with Gasteiger partial charge >= 0.3 is 0 Å². The maximum atomic E-state index is 13.6. The molecule has 2 amide bonds. The van der Waals surface area contributed by atoms with Crippen LogP contribution in [-0.4, -0.2) is 83.9 Å². The number of carbonyl (C=O) groups is 2. The van der Waals surface area contributed by atoms with Gasteiger partial charge in [-0.15, -0.1) is 0 Å². The molecule has 208 valence electrons. The van der Waals surface area contributed by atoms with Crippen molar-refractivity contribution in [2.45, 2.75) is 38.8 Å². The topological polar surface area (TPSA) is 78.0 Å². The number of hydrogen-bond acceptors (Lipinski definition) is 6. The van der Waals surface area contributed by atoms with Crippen LogP contribution in [0.5, 0.6) is 5.75 Å². The van der Waals surface area contributed by atoms with Gasteiger partial charge in [-0.2, -0.15) is 0 Å². The molecular weight excluding hydrogens is 490 g/mol. The van der Waals surface area contributed by atoms with E-state index in [0.29, 0.717) is 52.3 Å². The molecule has 0 unspecified atom stereocenters. The van der Waals surface area contributed by atoms with Crippen LogP contribution >= 0.6 is 0 Å². The second-order valence-corrected chi connectivity index (χ2v) is 11.0. The highest BCUT2D eigenvalue weighted by atomic mass is 16.5. The monoisotopic (exact) mass is 531 g/mol. The zero-order valence-corrected chi connectivity index (χ0v) is 22.8. The normalized spacial score (nSPS) is 23.6. The molecule has 2 saturated heterocycles. The zero-order chi connectivity index (χ0) is 26.9. The van der Waals surface area contributed by atoms with Gasteiger partial charge in [-0.25, -0.2) is 0 Å². The number of aromatic nitrogens is 1. The summed E-state index contributed by atoms with van der Waals surface area (Å²) in [5.74, 6) is 1.42. The number of pyridine rings is 1. The molecule has 8 nitrogen and oxygen atoms in total. The summed E-state index contributed by atoms with van der Waals surface area (Å²) in [5, 5.41) is 3.14. The lowest BCUT2D eigenvalue weighted by Gasteiger charge is -2.38. The first kappa shape index (κ1) is 27.3. The van der Waals surface area contributed by atoms with E-state index in [4.69, 9.17) is 4.74 Å². The average Bonchev–Trinajstić information content (AvgIpc) is 3.46. The molecule has 1 N–H and O–H groups in total. The van der Waals surface area contributed by atoms with Gasteiger partial charge in [0, 0.05) is 63.6 Å². The summed E-state index contributed by atoms with van der Waals surface area (Å²) in [4.78, 5) is 37.1. The number of likely N-dealkylation sites (tertiary alicyclic amines) is 1. The molecule has 2 bridgehead atoms. The Hall–Kier alpha value is -3.23. The Bertz CT molecular complexity index is 1120. The van der Waals surface area contributed by atoms with Gasteiger partial charge in [0.25, 0.3) is 0 Å². The first-order chi connectivity index (χ1) is 19.1. The maximum absolute atomic E-state index is 13.6. The molecule has 0 radical (unpaired) electrons. The molecule has 2 atom stereocenters. The highest BCUT2D eigenvalue weighted by molar-refractivity contribution is 5.79. The van der Waals surface area contributed by atoms with Gasteiger partial charge in [-0.1, -0.05) is 30.4 Å². The van der Waals surface area contributed by atoms with E-state index in [1.807, 2.05) is 35.2 Å². The minimum absolute atomic E-state index is 0.115. The Balaban J connectivity index is 1.26. The molecule has 1 aromatic heterocycles. The van der Waals surface area contributed by atoms with Gasteiger partial charge < -0.3 is 19.9 Å². The largest absolute Gasteiger partial charge is 0.489 e. The average molecular weight is 532 g/mol. The van der Waals surface area contributed by atoms with E-state index in [9.17, 15) is 9.59 Å². The van der Waals surface area contributed by atoms with E-state index in [-0.39, 0.29) is 23.7 Å². The van der Waals surface area contributed by atoms with E-state index in [0.717, 1.165) is 42.9 Å². The van der Waals surface area contributed by atoms with Gasteiger partial charge in [-0.05, 0) is 68.0 Å². The Morgan fingerprint density at radius 2 is 1.85 bits per heavy atom. The quantitative estimate of drug-likeness (QED) is 0.554. The van der Waals surface area contributed by atoms with E-state index in [1.54, 1.807) is 12.4 Å². The lowest BCUT2D eigenvalue weighted by molar-refractivity contribution is -0.135. The third kappa shape index (κ3) is 7.90. The highest BCUT2D eigenvalue weighted by Gasteiger charge is 2.32. The van der Waals surface area contributed by atoms with Crippen molar-refractivity contribution in [2.75, 3.05) is 52.4 Å². The van der Waals surface area contributed by atoms with Crippen molar-refractivity contribution in [1.29, 1.82) is 0 Å². The summed E-state index contributed by atoms with van der Waals surface area (Å²) in [6.45, 7) is 7.29. The number of carbonyl (C=O) groups excluding carboxylic acids is 2. The van der Waals surface area contributed by atoms with E-state index in [1.165, 1.54) is 12.8 Å². The molecule has 4 heterocycles. The van der Waals surface area contributed by atoms with Crippen LogP contribution in [0.1, 0.15) is 36.8 Å². The first-order valence-electron chi connectivity index (χ1n) is 14.4. The fourth-order valence-corrected chi connectivity index (χ4v) is 5.99. The number of nitrogens with zero attached hydrogens (tertiary/aromatic N) is 4. The Morgan fingerprint density at radius 3 is 2.69 bits per heavy atom. The molecule has 3 aliphatic heterocycles. The fourth-order valence-electron chi connectivity index (χ4n) is 5.99. The molecule has 0 saturated carbocycles. The van der Waals surface area contributed by atoms with Crippen molar-refractivity contribution >= 4 is 11.8 Å². The number of benzene rings is 1. The summed E-state index contributed by atoms with van der Waals surface area (Å²) in [6, 6.07) is 12.0. The molecule has 2 fully saturated rings. The van der Waals surface area contributed by atoms with E-state index >= 15 is 0 Å². The molecule has 8 heteroatoms. The summed E-state index contributed by atoms with van der Waals surface area (Å²) in [6.07, 6.45) is 11.6. The van der Waals surface area contributed by atoms with E-state index < -0.39 is 0 Å². The Morgan fingerprint density at radius 1 is 1.03 bits per heavy atom. The summed E-state index contributed by atoms with van der Waals surface area (Å²) >= 11 is 0. The number of rotatable bonds is 7. The van der Waals surface area contributed by atoms with Crippen molar-refractivity contribution < 1.29 is 14.3 Å². The van der Waals surface area contributed by atoms with Crippen LogP contribution in [0, 0.1) is 11.8 Å². The molecule has 2 aromatic rings. The molecule has 5 rings (SSSR count). The second kappa shape index (κ2) is 13.7. The molecule has 39 heavy (non-hydrogen) atoms. The highest BCUT2D eigenvalue weighted by Crippen LogP contribution is 2.29. The smallest absolute Gasteiger partial charge is 0.236 e. The number of amides is 2. The van der Waals surface area contributed by atoms with E-state index in [2.05, 4.69) is 38.3 Å². The lowest BCUT2D eigenvalue weighted by Crippen LogP contribution is -2.47. The number of para-hydroxylation sites is 1. The van der Waals surface area contributed by atoms with Crippen molar-refractivity contribution in [1.82, 2.24) is 25.0 Å². The van der Waals surface area contributed by atoms with Crippen molar-refractivity contribution in [3.63, 3.8) is 0 Å². The van der Waals surface area contributed by atoms with Gasteiger partial charge in [0.2, 0.25) is 11.8 Å². The predicted molar refractivity (Wildman–Crippen MR) is 151 cm³/mol. The van der Waals surface area contributed by atoms with Crippen LogP contribution in [0.25, 0.3) is 0 Å². The lowest BCUT2D eigenvalue weighted by atomic mass is 9.82. The molecule has 3 aliphatic rings. The number of ether oxygens (including phenoxy) is 1. The summed E-state index contributed by atoms with van der Waals surface area (Å²) in [5.41, 5.74) is 2.18. The molecule has 1 aromatic carbocycles. The third-order valence-electron chi connectivity index (χ3n) is 8.15. The van der Waals surface area contributed by atoms with Crippen LogP contribution in [0.3, 0.4) is 0 Å². The Labute approximate surface area is 232 Å². The summed E-state index contributed by atoms with van der Waals surface area (Å²) in [7, 11) is 0. The summed E-state index contributed by atoms with van der Waals surface area (Å²) < 4.78 is 6.18. The predicted octanol–water partition coefficient (Wildman–Crippen LogP) is 3.10. The van der Waals surface area contributed by atoms with Crippen LogP contribution in [0.2, 0.25) is 0 Å². The van der Waals surface area contributed by atoms with Crippen molar-refractivity contribution in [3.05, 3.63) is 72.1 Å². The first-order valence-corrected chi connectivity index (χ1v) is 14.4. The molecular formula is C31H41N5O3. The van der Waals surface area contributed by atoms with Gasteiger partial charge in [0.1, 0.15) is 12.4 Å². The van der Waals surface area contributed by atoms with Crippen molar-refractivity contribution in [3.8, 4) is 5.75 Å². The molecule has 0 aliphatic carbocycles. The van der Waals surface area contributed by atoms with Gasteiger partial charge in [-0.3, -0.25) is 19.5 Å². The minimum Gasteiger partial charge on any atom is -0.489 e. The second-order valence-electron chi connectivity index (χ2n) is 11.0. The van der Waals surface area contributed by atoms with Gasteiger partial charge in [0.05, 0.1) is 6.54 Å². The van der Waals surface area contributed by atoms with Crippen LogP contribution in [0.4, 0.5) is 0 Å².